The second-order valence-electron chi connectivity index (χ2n) is 9.80. The van der Waals surface area contributed by atoms with Gasteiger partial charge >= 0.3 is 5.97 Å². The van der Waals surface area contributed by atoms with Crippen molar-refractivity contribution in [3.8, 4) is 0 Å². The Morgan fingerprint density at radius 3 is 2.14 bits per heavy atom. The van der Waals surface area contributed by atoms with E-state index in [-0.39, 0.29) is 11.1 Å². The summed E-state index contributed by atoms with van der Waals surface area (Å²) in [6.07, 6.45) is 6.72. The van der Waals surface area contributed by atoms with Gasteiger partial charge < -0.3 is 19.6 Å². The second kappa shape index (κ2) is 9.00. The molecule has 1 aromatic heterocycles. The fraction of sp³-hybridized carbons (Fsp3) is 0.739. The topological polar surface area (TPSA) is 65.9 Å². The third kappa shape index (κ3) is 5.48. The van der Waals surface area contributed by atoms with E-state index in [9.17, 15) is 9.90 Å². The molecule has 1 N–H and O–H groups in total. The Bertz CT molecular complexity index is 698. The van der Waals surface area contributed by atoms with E-state index in [4.69, 9.17) is 4.74 Å². The van der Waals surface area contributed by atoms with E-state index in [1.807, 2.05) is 26.8 Å². The van der Waals surface area contributed by atoms with Gasteiger partial charge in [-0.05, 0) is 56.6 Å². The van der Waals surface area contributed by atoms with E-state index in [0.717, 1.165) is 63.1 Å². The number of piperidine rings is 2. The second-order valence-corrected chi connectivity index (χ2v) is 9.80. The highest BCUT2D eigenvalue weighted by molar-refractivity contribution is 5.88. The average molecular weight is 404 g/mol. The first-order valence-electron chi connectivity index (χ1n) is 11.0. The summed E-state index contributed by atoms with van der Waals surface area (Å²) in [5.74, 6) is -0.961. The molecule has 0 radical (unpaired) electrons. The summed E-state index contributed by atoms with van der Waals surface area (Å²) in [5, 5.41) is 9.47. The molecule has 3 rings (SSSR count). The van der Waals surface area contributed by atoms with Gasteiger partial charge in [-0.2, -0.15) is 0 Å². The Hall–Kier alpha value is -1.66. The maximum Gasteiger partial charge on any atom is 0.354 e. The molecule has 0 amide bonds. The number of anilines is 1. The fourth-order valence-corrected chi connectivity index (χ4v) is 4.42. The number of hydrogen-bond acceptors (Lipinski definition) is 5. The Balaban J connectivity index is 1.56. The van der Waals surface area contributed by atoms with Gasteiger partial charge in [0.05, 0.1) is 24.1 Å². The zero-order valence-corrected chi connectivity index (χ0v) is 18.6. The summed E-state index contributed by atoms with van der Waals surface area (Å²) in [4.78, 5) is 20.7. The first kappa shape index (κ1) is 22.0. The summed E-state index contributed by atoms with van der Waals surface area (Å²) in [6.45, 7) is 14.7. The lowest BCUT2D eigenvalue weighted by atomic mass is 9.85. The van der Waals surface area contributed by atoms with Gasteiger partial charge in [0.2, 0.25) is 0 Å². The monoisotopic (exact) mass is 403 g/mol. The number of carbonyl (C=O) groups is 1. The van der Waals surface area contributed by atoms with Crippen LogP contribution >= 0.6 is 0 Å². The van der Waals surface area contributed by atoms with Crippen molar-refractivity contribution in [1.29, 1.82) is 0 Å². The third-order valence-electron chi connectivity index (χ3n) is 6.28. The standard InChI is InChI=1S/C23H37N3O3/c1-16(2)25-10-6-18(7-11-25)29-19-8-12-26(13-9-19)17-14-20(23(3,4)5)21(22(27)28)24-15-17/h14-16,18-19H,6-13H2,1-5H3,(H,27,28). The molecule has 0 saturated carbocycles. The largest absolute Gasteiger partial charge is 0.477 e. The van der Waals surface area contributed by atoms with Crippen LogP contribution in [-0.2, 0) is 10.2 Å². The molecular formula is C23H37N3O3. The van der Waals surface area contributed by atoms with Crippen molar-refractivity contribution in [1.82, 2.24) is 9.88 Å². The zero-order chi connectivity index (χ0) is 21.2. The minimum atomic E-state index is -0.961. The van der Waals surface area contributed by atoms with Gasteiger partial charge in [0, 0.05) is 32.2 Å². The number of rotatable bonds is 5. The highest BCUT2D eigenvalue weighted by Gasteiger charge is 2.28. The molecule has 2 aliphatic rings. The normalized spacial score (nSPS) is 20.4. The van der Waals surface area contributed by atoms with E-state index in [0.29, 0.717) is 18.2 Å². The number of ether oxygens (including phenoxy) is 1. The minimum Gasteiger partial charge on any atom is -0.477 e. The van der Waals surface area contributed by atoms with Crippen LogP contribution in [0.2, 0.25) is 0 Å². The summed E-state index contributed by atoms with van der Waals surface area (Å²) >= 11 is 0. The number of nitrogens with zero attached hydrogens (tertiary/aromatic N) is 3. The average Bonchev–Trinajstić information content (AvgIpc) is 2.68. The molecule has 29 heavy (non-hydrogen) atoms. The lowest BCUT2D eigenvalue weighted by Gasteiger charge is -2.39. The van der Waals surface area contributed by atoms with Crippen LogP contribution < -0.4 is 4.90 Å². The van der Waals surface area contributed by atoms with Crippen molar-refractivity contribution < 1.29 is 14.6 Å². The van der Waals surface area contributed by atoms with E-state index in [2.05, 4.69) is 28.6 Å². The van der Waals surface area contributed by atoms with Crippen LogP contribution in [0.4, 0.5) is 5.69 Å². The van der Waals surface area contributed by atoms with Gasteiger partial charge in [-0.25, -0.2) is 9.78 Å². The van der Waals surface area contributed by atoms with Crippen molar-refractivity contribution >= 4 is 11.7 Å². The van der Waals surface area contributed by atoms with E-state index in [1.165, 1.54) is 0 Å². The Labute approximate surface area is 175 Å². The number of aromatic carboxylic acids is 1. The summed E-state index contributed by atoms with van der Waals surface area (Å²) in [7, 11) is 0. The molecule has 2 fully saturated rings. The summed E-state index contributed by atoms with van der Waals surface area (Å²) in [6, 6.07) is 2.64. The molecule has 0 aromatic carbocycles. The minimum absolute atomic E-state index is 0.159. The highest BCUT2D eigenvalue weighted by atomic mass is 16.5. The van der Waals surface area contributed by atoms with Crippen LogP contribution in [0.25, 0.3) is 0 Å². The molecule has 2 saturated heterocycles. The predicted octanol–water partition coefficient (Wildman–Crippen LogP) is 3.94. The highest BCUT2D eigenvalue weighted by Crippen LogP contribution is 2.30. The number of carboxylic acids is 1. The van der Waals surface area contributed by atoms with Crippen LogP contribution in [0.5, 0.6) is 0 Å². The quantitative estimate of drug-likeness (QED) is 0.803. The van der Waals surface area contributed by atoms with Gasteiger partial charge in [0.25, 0.3) is 0 Å². The van der Waals surface area contributed by atoms with Crippen LogP contribution in [0, 0.1) is 0 Å². The molecular weight excluding hydrogens is 366 g/mol. The number of carboxylic acid groups (broad SMARTS) is 1. The van der Waals surface area contributed by atoms with Crippen molar-refractivity contribution in [2.45, 2.75) is 84.0 Å². The molecule has 6 nitrogen and oxygen atoms in total. The van der Waals surface area contributed by atoms with Crippen molar-refractivity contribution in [2.75, 3.05) is 31.1 Å². The van der Waals surface area contributed by atoms with E-state index in [1.54, 1.807) is 6.20 Å². The smallest absolute Gasteiger partial charge is 0.354 e. The maximum absolute atomic E-state index is 11.6. The van der Waals surface area contributed by atoms with Crippen LogP contribution in [0.1, 0.15) is 76.4 Å². The zero-order valence-electron chi connectivity index (χ0n) is 18.6. The maximum atomic E-state index is 11.6. The van der Waals surface area contributed by atoms with Crippen molar-refractivity contribution in [3.63, 3.8) is 0 Å². The molecule has 3 heterocycles. The third-order valence-corrected chi connectivity index (χ3v) is 6.28. The van der Waals surface area contributed by atoms with Crippen LogP contribution in [0.15, 0.2) is 12.3 Å². The lowest BCUT2D eigenvalue weighted by Crippen LogP contribution is -2.44. The molecule has 0 unspecified atom stereocenters. The summed E-state index contributed by atoms with van der Waals surface area (Å²) in [5.41, 5.74) is 1.71. The van der Waals surface area contributed by atoms with Gasteiger partial charge in [-0.15, -0.1) is 0 Å². The Morgan fingerprint density at radius 2 is 1.66 bits per heavy atom. The molecule has 2 aliphatic heterocycles. The number of pyridine rings is 1. The SMILES string of the molecule is CC(C)N1CCC(OC2CCN(c3cnc(C(=O)O)c(C(C)(C)C)c3)CC2)CC1. The first-order chi connectivity index (χ1) is 13.6. The lowest BCUT2D eigenvalue weighted by molar-refractivity contribution is -0.0540. The van der Waals surface area contributed by atoms with Crippen molar-refractivity contribution in [3.05, 3.63) is 23.5 Å². The van der Waals surface area contributed by atoms with Gasteiger partial charge in [0.15, 0.2) is 5.69 Å². The number of hydrogen-bond donors (Lipinski definition) is 1. The van der Waals surface area contributed by atoms with E-state index < -0.39 is 5.97 Å². The Kier molecular flexibility index (Phi) is 6.84. The van der Waals surface area contributed by atoms with Gasteiger partial charge in [-0.3, -0.25) is 0 Å². The van der Waals surface area contributed by atoms with Crippen LogP contribution in [0.3, 0.4) is 0 Å². The number of likely N-dealkylation sites (tertiary alicyclic amines) is 1. The fourth-order valence-electron chi connectivity index (χ4n) is 4.42. The van der Waals surface area contributed by atoms with Gasteiger partial charge in [0.1, 0.15) is 0 Å². The molecule has 1 aromatic rings. The molecule has 0 spiro atoms. The predicted molar refractivity (Wildman–Crippen MR) is 116 cm³/mol. The first-order valence-corrected chi connectivity index (χ1v) is 11.0. The van der Waals surface area contributed by atoms with Crippen molar-refractivity contribution in [2.24, 2.45) is 0 Å². The molecule has 0 atom stereocenters. The molecule has 0 aliphatic carbocycles. The molecule has 6 heteroatoms. The van der Waals surface area contributed by atoms with Gasteiger partial charge in [-0.1, -0.05) is 20.8 Å². The van der Waals surface area contributed by atoms with Crippen LogP contribution in [-0.4, -0.2) is 65.4 Å². The Morgan fingerprint density at radius 1 is 1.10 bits per heavy atom. The summed E-state index contributed by atoms with van der Waals surface area (Å²) < 4.78 is 6.43. The molecule has 162 valence electrons. The number of aromatic nitrogens is 1. The van der Waals surface area contributed by atoms with E-state index >= 15 is 0 Å². The molecule has 0 bridgehead atoms.